The highest BCUT2D eigenvalue weighted by molar-refractivity contribution is 4.93. The van der Waals surface area contributed by atoms with E-state index in [1.807, 2.05) is 0 Å². The quantitative estimate of drug-likeness (QED) is 0.624. The Morgan fingerprint density at radius 2 is 2.17 bits per heavy atom. The summed E-state index contributed by atoms with van der Waals surface area (Å²) in [6.45, 7) is 7.52. The Morgan fingerprint density at radius 1 is 1.42 bits per heavy atom. The molecule has 0 aromatic heterocycles. The van der Waals surface area contributed by atoms with Crippen molar-refractivity contribution in [2.75, 3.05) is 13.1 Å². The molecular weight excluding hydrogens is 146 g/mol. The molecule has 2 aliphatic rings. The van der Waals surface area contributed by atoms with Crippen molar-refractivity contribution >= 4 is 0 Å². The zero-order valence-corrected chi connectivity index (χ0v) is 8.47. The minimum Gasteiger partial charge on any atom is -0.300 e. The van der Waals surface area contributed by atoms with E-state index in [-0.39, 0.29) is 0 Å². The lowest BCUT2D eigenvalue weighted by Crippen LogP contribution is -2.33. The highest BCUT2D eigenvalue weighted by atomic mass is 15.2. The summed E-state index contributed by atoms with van der Waals surface area (Å²) >= 11 is 0. The van der Waals surface area contributed by atoms with Crippen LogP contribution < -0.4 is 0 Å². The monoisotopic (exact) mass is 167 g/mol. The second-order valence-corrected chi connectivity index (χ2v) is 4.99. The number of likely N-dealkylation sites (tertiary alicyclic amines) is 1. The molecule has 1 nitrogen and oxygen atoms in total. The SMILES string of the molecule is CCC1CCCN1CC1(C)CC1. The average Bonchev–Trinajstić information content (AvgIpc) is 2.64. The molecule has 1 heteroatoms. The molecule has 1 saturated heterocycles. The topological polar surface area (TPSA) is 3.24 Å². The molecule has 1 heterocycles. The van der Waals surface area contributed by atoms with Gasteiger partial charge in [-0.3, -0.25) is 4.90 Å². The van der Waals surface area contributed by atoms with Crippen molar-refractivity contribution in [2.24, 2.45) is 5.41 Å². The van der Waals surface area contributed by atoms with Gasteiger partial charge in [-0.25, -0.2) is 0 Å². The van der Waals surface area contributed by atoms with E-state index in [9.17, 15) is 0 Å². The number of nitrogens with zero attached hydrogens (tertiary/aromatic N) is 1. The lowest BCUT2D eigenvalue weighted by Gasteiger charge is -2.26. The third-order valence-electron chi connectivity index (χ3n) is 3.66. The lowest BCUT2D eigenvalue weighted by molar-refractivity contribution is 0.207. The van der Waals surface area contributed by atoms with Crippen LogP contribution in [0.1, 0.15) is 46.0 Å². The molecule has 2 rings (SSSR count). The van der Waals surface area contributed by atoms with Gasteiger partial charge in [0.1, 0.15) is 0 Å². The molecule has 2 fully saturated rings. The van der Waals surface area contributed by atoms with Crippen molar-refractivity contribution in [3.05, 3.63) is 0 Å². The van der Waals surface area contributed by atoms with Gasteiger partial charge in [0.05, 0.1) is 0 Å². The first-order chi connectivity index (χ1) is 5.73. The second kappa shape index (κ2) is 3.02. The van der Waals surface area contributed by atoms with E-state index in [0.717, 1.165) is 11.5 Å². The molecule has 0 amide bonds. The largest absolute Gasteiger partial charge is 0.300 e. The van der Waals surface area contributed by atoms with E-state index in [1.54, 1.807) is 0 Å². The van der Waals surface area contributed by atoms with Crippen LogP contribution in [-0.4, -0.2) is 24.0 Å². The summed E-state index contributed by atoms with van der Waals surface area (Å²) in [4.78, 5) is 2.73. The molecule has 1 unspecified atom stereocenters. The maximum atomic E-state index is 2.73. The molecule has 1 saturated carbocycles. The van der Waals surface area contributed by atoms with Gasteiger partial charge in [-0.2, -0.15) is 0 Å². The fourth-order valence-corrected chi connectivity index (χ4v) is 2.43. The standard InChI is InChI=1S/C11H21N/c1-3-10-5-4-8-12(10)9-11(2)6-7-11/h10H,3-9H2,1-2H3. The lowest BCUT2D eigenvalue weighted by atomic mass is 10.1. The van der Waals surface area contributed by atoms with E-state index in [0.29, 0.717) is 0 Å². The Hall–Kier alpha value is -0.0400. The van der Waals surface area contributed by atoms with Crippen LogP contribution in [0, 0.1) is 5.41 Å². The molecule has 70 valence electrons. The van der Waals surface area contributed by atoms with Gasteiger partial charge in [0, 0.05) is 12.6 Å². The minimum absolute atomic E-state index is 0.720. The molecule has 0 bridgehead atoms. The number of rotatable bonds is 3. The van der Waals surface area contributed by atoms with E-state index in [4.69, 9.17) is 0 Å². The Balaban J connectivity index is 1.85. The van der Waals surface area contributed by atoms with Gasteiger partial charge in [0.2, 0.25) is 0 Å². The van der Waals surface area contributed by atoms with Gasteiger partial charge in [-0.15, -0.1) is 0 Å². The molecule has 0 aromatic rings. The summed E-state index contributed by atoms with van der Waals surface area (Å²) in [5, 5.41) is 0. The predicted octanol–water partition coefficient (Wildman–Crippen LogP) is 2.66. The van der Waals surface area contributed by atoms with Crippen LogP contribution in [0.15, 0.2) is 0 Å². The Labute approximate surface area is 76.1 Å². The van der Waals surface area contributed by atoms with Gasteiger partial charge in [-0.1, -0.05) is 13.8 Å². The Morgan fingerprint density at radius 3 is 2.75 bits per heavy atom. The van der Waals surface area contributed by atoms with Crippen molar-refractivity contribution in [3.8, 4) is 0 Å². The first-order valence-electron chi connectivity index (χ1n) is 5.47. The first kappa shape index (κ1) is 8.55. The molecular formula is C11H21N. The number of hydrogen-bond acceptors (Lipinski definition) is 1. The van der Waals surface area contributed by atoms with Crippen molar-refractivity contribution in [3.63, 3.8) is 0 Å². The zero-order valence-electron chi connectivity index (χ0n) is 8.47. The Bertz CT molecular complexity index is 160. The average molecular weight is 167 g/mol. The molecule has 0 N–H and O–H groups in total. The highest BCUT2D eigenvalue weighted by Gasteiger charge is 2.40. The van der Waals surface area contributed by atoms with E-state index < -0.39 is 0 Å². The van der Waals surface area contributed by atoms with Crippen LogP contribution in [0.3, 0.4) is 0 Å². The summed E-state index contributed by atoms with van der Waals surface area (Å²) in [6.07, 6.45) is 7.19. The summed E-state index contributed by atoms with van der Waals surface area (Å²) in [6, 6.07) is 0.919. The maximum Gasteiger partial charge on any atom is 0.00933 e. The van der Waals surface area contributed by atoms with E-state index >= 15 is 0 Å². The van der Waals surface area contributed by atoms with Crippen LogP contribution in [-0.2, 0) is 0 Å². The minimum atomic E-state index is 0.720. The fourth-order valence-electron chi connectivity index (χ4n) is 2.43. The first-order valence-corrected chi connectivity index (χ1v) is 5.47. The predicted molar refractivity (Wildman–Crippen MR) is 52.2 cm³/mol. The van der Waals surface area contributed by atoms with Crippen molar-refractivity contribution in [2.45, 2.75) is 52.0 Å². The summed E-state index contributed by atoms with van der Waals surface area (Å²) < 4.78 is 0. The van der Waals surface area contributed by atoms with E-state index in [1.165, 1.54) is 45.2 Å². The normalized spacial score (nSPS) is 34.0. The van der Waals surface area contributed by atoms with Crippen LogP contribution in [0.2, 0.25) is 0 Å². The van der Waals surface area contributed by atoms with E-state index in [2.05, 4.69) is 18.7 Å². The van der Waals surface area contributed by atoms with Crippen molar-refractivity contribution in [1.82, 2.24) is 4.90 Å². The molecule has 1 atom stereocenters. The highest BCUT2D eigenvalue weighted by Crippen LogP contribution is 2.46. The van der Waals surface area contributed by atoms with Gasteiger partial charge >= 0.3 is 0 Å². The molecule has 0 radical (unpaired) electrons. The second-order valence-electron chi connectivity index (χ2n) is 4.99. The van der Waals surface area contributed by atoms with Gasteiger partial charge < -0.3 is 0 Å². The van der Waals surface area contributed by atoms with Gasteiger partial charge in [0.15, 0.2) is 0 Å². The van der Waals surface area contributed by atoms with Crippen LogP contribution in [0.4, 0.5) is 0 Å². The summed E-state index contributed by atoms with van der Waals surface area (Å²) in [7, 11) is 0. The summed E-state index contributed by atoms with van der Waals surface area (Å²) in [5.74, 6) is 0. The zero-order chi connectivity index (χ0) is 8.60. The third kappa shape index (κ3) is 1.66. The molecule has 0 aromatic carbocycles. The van der Waals surface area contributed by atoms with Crippen molar-refractivity contribution < 1.29 is 0 Å². The van der Waals surface area contributed by atoms with Crippen molar-refractivity contribution in [1.29, 1.82) is 0 Å². The van der Waals surface area contributed by atoms with Crippen LogP contribution in [0.25, 0.3) is 0 Å². The molecule has 0 spiro atoms. The van der Waals surface area contributed by atoms with Crippen LogP contribution in [0.5, 0.6) is 0 Å². The van der Waals surface area contributed by atoms with Crippen LogP contribution >= 0.6 is 0 Å². The summed E-state index contributed by atoms with van der Waals surface area (Å²) in [5.41, 5.74) is 0.720. The maximum absolute atomic E-state index is 2.73. The third-order valence-corrected chi connectivity index (χ3v) is 3.66. The Kier molecular flexibility index (Phi) is 2.16. The fraction of sp³-hybridized carbons (Fsp3) is 1.00. The number of hydrogen-bond donors (Lipinski definition) is 0. The molecule has 1 aliphatic carbocycles. The van der Waals surface area contributed by atoms with Gasteiger partial charge in [0.25, 0.3) is 0 Å². The van der Waals surface area contributed by atoms with Gasteiger partial charge in [-0.05, 0) is 44.1 Å². The molecule has 12 heavy (non-hydrogen) atoms. The smallest absolute Gasteiger partial charge is 0.00933 e. The molecule has 1 aliphatic heterocycles.